The van der Waals surface area contributed by atoms with Crippen LogP contribution >= 0.6 is 0 Å². The van der Waals surface area contributed by atoms with Gasteiger partial charge in [-0.3, -0.25) is 14.4 Å². The number of allylic oxidation sites excluding steroid dienone is 2. The highest BCUT2D eigenvalue weighted by atomic mass is 19.3. The first-order chi connectivity index (χ1) is 18.2. The predicted octanol–water partition coefficient (Wildman–Crippen LogP) is 6.18. The number of rotatable bonds is 17. The van der Waals surface area contributed by atoms with Crippen molar-refractivity contribution in [2.45, 2.75) is 116 Å². The fourth-order valence-corrected chi connectivity index (χ4v) is 5.45. The molecule has 5 atom stereocenters. The maximum absolute atomic E-state index is 14.4. The number of carbonyl (C=O) groups is 3. The number of ketones is 1. The molecule has 0 aromatic heterocycles. The SMILES string of the molecule is CCCCC(F)(F)C(=O)/C=C/[C@H]1C(COC2CCCCO2)CC(OC(C)=O)C1CCCCCCC(=O)OC. The minimum absolute atomic E-state index is 0.0949. The van der Waals surface area contributed by atoms with Gasteiger partial charge in [0.1, 0.15) is 6.10 Å². The second-order valence-corrected chi connectivity index (χ2v) is 10.6. The molecule has 1 aliphatic heterocycles. The van der Waals surface area contributed by atoms with Crippen molar-refractivity contribution in [1.82, 2.24) is 0 Å². The van der Waals surface area contributed by atoms with Crippen molar-refractivity contribution in [2.75, 3.05) is 20.3 Å². The molecule has 7 nitrogen and oxygen atoms in total. The molecule has 1 saturated carbocycles. The van der Waals surface area contributed by atoms with Crippen molar-refractivity contribution in [2.24, 2.45) is 17.8 Å². The number of carbonyl (C=O) groups excluding carboxylic acids is 3. The van der Waals surface area contributed by atoms with Gasteiger partial charge in [-0.05, 0) is 62.9 Å². The average Bonchev–Trinajstić information content (AvgIpc) is 3.22. The molecule has 0 aromatic rings. The summed E-state index contributed by atoms with van der Waals surface area (Å²) in [5, 5.41) is 0. The van der Waals surface area contributed by atoms with Crippen LogP contribution < -0.4 is 0 Å². The highest BCUT2D eigenvalue weighted by molar-refractivity contribution is 5.95. The summed E-state index contributed by atoms with van der Waals surface area (Å²) in [6.07, 6.45) is 10.1. The first-order valence-electron chi connectivity index (χ1n) is 14.3. The summed E-state index contributed by atoms with van der Waals surface area (Å²) < 4.78 is 50.8. The van der Waals surface area contributed by atoms with E-state index in [-0.39, 0.29) is 48.5 Å². The number of hydrogen-bond acceptors (Lipinski definition) is 7. The molecule has 2 aliphatic rings. The van der Waals surface area contributed by atoms with Crippen molar-refractivity contribution < 1.29 is 42.1 Å². The second-order valence-electron chi connectivity index (χ2n) is 10.6. The molecule has 0 N–H and O–H groups in total. The Morgan fingerprint density at radius 3 is 2.50 bits per heavy atom. The number of esters is 2. The zero-order chi connectivity index (χ0) is 28.0. The van der Waals surface area contributed by atoms with E-state index in [1.807, 2.05) is 6.92 Å². The van der Waals surface area contributed by atoms with E-state index in [2.05, 4.69) is 4.74 Å². The van der Waals surface area contributed by atoms with Gasteiger partial charge in [0, 0.05) is 32.3 Å². The molecular formula is C29H46F2O7. The molecular weight excluding hydrogens is 498 g/mol. The molecule has 0 aromatic carbocycles. The standard InChI is InChI=1S/C29H46F2O7/c1-4-5-17-29(30,31)26(33)16-15-23-22(20-37-28-14-10-11-18-36-28)19-25(38-21(2)32)24(23)12-8-6-7-9-13-27(34)35-3/h15-16,22-25,28H,4-14,17-20H2,1-3H3/b16-15+/t22?,23-,24?,25?,28?/m0/s1. The van der Waals surface area contributed by atoms with Gasteiger partial charge in [-0.15, -0.1) is 0 Å². The average molecular weight is 545 g/mol. The van der Waals surface area contributed by atoms with Crippen LogP contribution in [0.2, 0.25) is 0 Å². The fourth-order valence-electron chi connectivity index (χ4n) is 5.45. The highest BCUT2D eigenvalue weighted by Gasteiger charge is 2.44. The number of ether oxygens (including phenoxy) is 4. The van der Waals surface area contributed by atoms with E-state index in [9.17, 15) is 23.2 Å². The lowest BCUT2D eigenvalue weighted by atomic mass is 9.85. The van der Waals surface area contributed by atoms with Crippen LogP contribution in [0.1, 0.15) is 97.3 Å². The predicted molar refractivity (Wildman–Crippen MR) is 139 cm³/mol. The second kappa shape index (κ2) is 17.0. The molecule has 1 aliphatic carbocycles. The first-order valence-corrected chi connectivity index (χ1v) is 14.3. The molecule has 0 spiro atoms. The Hall–Kier alpha value is -1.87. The maximum atomic E-state index is 14.4. The normalized spacial score (nSPS) is 26.0. The molecule has 1 saturated heterocycles. The summed E-state index contributed by atoms with van der Waals surface area (Å²) in [4.78, 5) is 35.6. The summed E-state index contributed by atoms with van der Waals surface area (Å²) in [5.41, 5.74) is 0. The van der Waals surface area contributed by atoms with Gasteiger partial charge in [-0.25, -0.2) is 0 Å². The summed E-state index contributed by atoms with van der Waals surface area (Å²) in [6, 6.07) is 0. The molecule has 218 valence electrons. The Balaban J connectivity index is 2.11. The maximum Gasteiger partial charge on any atom is 0.309 e. The summed E-state index contributed by atoms with van der Waals surface area (Å²) in [6.45, 7) is 4.17. The van der Waals surface area contributed by atoms with Crippen LogP contribution in [0.25, 0.3) is 0 Å². The monoisotopic (exact) mass is 544 g/mol. The van der Waals surface area contributed by atoms with Crippen molar-refractivity contribution in [3.05, 3.63) is 12.2 Å². The van der Waals surface area contributed by atoms with Crippen LogP contribution in [-0.4, -0.2) is 56.4 Å². The number of hydrogen-bond donors (Lipinski definition) is 0. The molecule has 2 rings (SSSR count). The van der Waals surface area contributed by atoms with Gasteiger partial charge in [0.25, 0.3) is 0 Å². The molecule has 1 heterocycles. The Kier molecular flexibility index (Phi) is 14.4. The van der Waals surface area contributed by atoms with E-state index < -0.39 is 18.1 Å². The summed E-state index contributed by atoms with van der Waals surface area (Å²) in [7, 11) is 1.37. The third-order valence-corrected chi connectivity index (χ3v) is 7.57. The van der Waals surface area contributed by atoms with E-state index >= 15 is 0 Å². The summed E-state index contributed by atoms with van der Waals surface area (Å²) >= 11 is 0. The molecule has 2 fully saturated rings. The molecule has 9 heteroatoms. The van der Waals surface area contributed by atoms with E-state index in [1.54, 1.807) is 6.08 Å². The van der Waals surface area contributed by atoms with Gasteiger partial charge < -0.3 is 18.9 Å². The van der Waals surface area contributed by atoms with E-state index in [0.717, 1.165) is 51.0 Å². The largest absolute Gasteiger partial charge is 0.469 e. The van der Waals surface area contributed by atoms with Gasteiger partial charge in [-0.2, -0.15) is 8.78 Å². The summed E-state index contributed by atoms with van der Waals surface area (Å²) in [5.74, 6) is -5.65. The lowest BCUT2D eigenvalue weighted by Gasteiger charge is -2.27. The lowest BCUT2D eigenvalue weighted by molar-refractivity contribution is -0.170. The highest BCUT2D eigenvalue weighted by Crippen LogP contribution is 2.43. The number of halogens is 2. The van der Waals surface area contributed by atoms with Crippen LogP contribution in [-0.2, 0) is 33.3 Å². The quantitative estimate of drug-likeness (QED) is 0.123. The number of unbranched alkanes of at least 4 members (excludes halogenated alkanes) is 4. The van der Waals surface area contributed by atoms with Crippen LogP contribution in [0.15, 0.2) is 12.2 Å². The topological polar surface area (TPSA) is 88.1 Å². The molecule has 0 amide bonds. The van der Waals surface area contributed by atoms with Crippen molar-refractivity contribution in [3.8, 4) is 0 Å². The van der Waals surface area contributed by atoms with E-state index in [0.29, 0.717) is 38.9 Å². The van der Waals surface area contributed by atoms with Gasteiger partial charge >= 0.3 is 17.9 Å². The smallest absolute Gasteiger partial charge is 0.309 e. The van der Waals surface area contributed by atoms with E-state index in [4.69, 9.17) is 14.2 Å². The molecule has 4 unspecified atom stereocenters. The van der Waals surface area contributed by atoms with Crippen molar-refractivity contribution >= 4 is 17.7 Å². The van der Waals surface area contributed by atoms with E-state index in [1.165, 1.54) is 14.0 Å². The first kappa shape index (κ1) is 32.3. The minimum atomic E-state index is -3.39. The van der Waals surface area contributed by atoms with Gasteiger partial charge in [0.2, 0.25) is 5.78 Å². The third-order valence-electron chi connectivity index (χ3n) is 7.57. The fraction of sp³-hybridized carbons (Fsp3) is 0.828. The minimum Gasteiger partial charge on any atom is -0.469 e. The lowest BCUT2D eigenvalue weighted by Crippen LogP contribution is -2.28. The Labute approximate surface area is 226 Å². The Bertz CT molecular complexity index is 764. The van der Waals surface area contributed by atoms with Gasteiger partial charge in [0.05, 0.1) is 13.7 Å². The van der Waals surface area contributed by atoms with Crippen LogP contribution in [0, 0.1) is 17.8 Å². The molecule has 38 heavy (non-hydrogen) atoms. The Morgan fingerprint density at radius 2 is 1.84 bits per heavy atom. The molecule has 0 bridgehead atoms. The van der Waals surface area contributed by atoms with Gasteiger partial charge in [-0.1, -0.05) is 38.7 Å². The zero-order valence-electron chi connectivity index (χ0n) is 23.3. The van der Waals surface area contributed by atoms with Crippen LogP contribution in [0.4, 0.5) is 8.78 Å². The van der Waals surface area contributed by atoms with Crippen LogP contribution in [0.5, 0.6) is 0 Å². The number of alkyl halides is 2. The number of methoxy groups -OCH3 is 1. The van der Waals surface area contributed by atoms with Crippen molar-refractivity contribution in [1.29, 1.82) is 0 Å². The zero-order valence-corrected chi connectivity index (χ0v) is 23.3. The van der Waals surface area contributed by atoms with Crippen molar-refractivity contribution in [3.63, 3.8) is 0 Å². The molecule has 0 radical (unpaired) electrons. The third kappa shape index (κ3) is 11.1. The van der Waals surface area contributed by atoms with Crippen LogP contribution in [0.3, 0.4) is 0 Å². The Morgan fingerprint density at radius 1 is 1.08 bits per heavy atom. The van der Waals surface area contributed by atoms with Gasteiger partial charge in [0.15, 0.2) is 6.29 Å².